The molecule has 0 saturated heterocycles. The van der Waals surface area contributed by atoms with Gasteiger partial charge in [0, 0.05) is 12.6 Å². The van der Waals surface area contributed by atoms with Crippen LogP contribution in [0.2, 0.25) is 0 Å². The summed E-state index contributed by atoms with van der Waals surface area (Å²) in [6.07, 6.45) is -0.967. The molecule has 0 fully saturated rings. The third kappa shape index (κ3) is 4.18. The summed E-state index contributed by atoms with van der Waals surface area (Å²) in [5, 5.41) is 14.0. The van der Waals surface area contributed by atoms with Gasteiger partial charge in [0.05, 0.1) is 0 Å². The third-order valence-electron chi connectivity index (χ3n) is 1.75. The van der Waals surface area contributed by atoms with E-state index in [2.05, 4.69) is 10.6 Å². The highest BCUT2D eigenvalue weighted by molar-refractivity contribution is 5.65. The Bertz CT molecular complexity index is 152. The fourth-order valence-electron chi connectivity index (χ4n) is 0.927. The molecule has 0 heterocycles. The molecule has 0 aromatic heterocycles. The first-order chi connectivity index (χ1) is 5.38. The number of nitrogens with one attached hydrogen (secondary N) is 2. The Morgan fingerprint density at radius 1 is 1.50 bits per heavy atom. The Labute approximate surface area is 73.3 Å². The van der Waals surface area contributed by atoms with Gasteiger partial charge in [0.1, 0.15) is 0 Å². The van der Waals surface area contributed by atoms with Crippen molar-refractivity contribution < 1.29 is 9.90 Å². The van der Waals surface area contributed by atoms with Gasteiger partial charge in [-0.05, 0) is 12.5 Å². The Kier molecular flexibility index (Phi) is 4.03. The molecule has 72 valence electrons. The van der Waals surface area contributed by atoms with Crippen LogP contribution in [-0.4, -0.2) is 30.8 Å². The standard InChI is InChI=1S/C8H18N2O2/c1-8(2,3)6(5-9-4)10-7(11)12/h6,9-10H,5H2,1-4H3,(H,11,12). The van der Waals surface area contributed by atoms with Gasteiger partial charge < -0.3 is 15.7 Å². The summed E-state index contributed by atoms with van der Waals surface area (Å²) < 4.78 is 0. The van der Waals surface area contributed by atoms with Gasteiger partial charge in [-0.15, -0.1) is 0 Å². The summed E-state index contributed by atoms with van der Waals surface area (Å²) in [7, 11) is 1.81. The van der Waals surface area contributed by atoms with Gasteiger partial charge in [0.25, 0.3) is 0 Å². The van der Waals surface area contributed by atoms with Crippen molar-refractivity contribution in [3.63, 3.8) is 0 Å². The predicted molar refractivity (Wildman–Crippen MR) is 48.3 cm³/mol. The summed E-state index contributed by atoms with van der Waals surface area (Å²) in [5.41, 5.74) is -0.0542. The number of likely N-dealkylation sites (N-methyl/N-ethyl adjacent to an activating group) is 1. The first-order valence-electron chi connectivity index (χ1n) is 4.02. The van der Waals surface area contributed by atoms with Gasteiger partial charge in [-0.2, -0.15) is 0 Å². The maximum absolute atomic E-state index is 10.4. The van der Waals surface area contributed by atoms with E-state index >= 15 is 0 Å². The molecule has 0 rings (SSSR count). The summed E-state index contributed by atoms with van der Waals surface area (Å²) in [6, 6.07) is -0.0556. The van der Waals surface area contributed by atoms with Crippen LogP contribution in [0.25, 0.3) is 0 Å². The first-order valence-corrected chi connectivity index (χ1v) is 4.02. The van der Waals surface area contributed by atoms with Gasteiger partial charge in [-0.3, -0.25) is 0 Å². The van der Waals surface area contributed by atoms with Crippen molar-refractivity contribution in [3.8, 4) is 0 Å². The van der Waals surface area contributed by atoms with Gasteiger partial charge in [0.2, 0.25) is 0 Å². The van der Waals surface area contributed by atoms with Crippen molar-refractivity contribution >= 4 is 6.09 Å². The van der Waals surface area contributed by atoms with Crippen molar-refractivity contribution in [2.24, 2.45) is 5.41 Å². The lowest BCUT2D eigenvalue weighted by atomic mass is 9.87. The highest BCUT2D eigenvalue weighted by Gasteiger charge is 2.25. The van der Waals surface area contributed by atoms with E-state index in [-0.39, 0.29) is 11.5 Å². The van der Waals surface area contributed by atoms with Crippen molar-refractivity contribution in [3.05, 3.63) is 0 Å². The molecule has 1 amide bonds. The molecule has 12 heavy (non-hydrogen) atoms. The lowest BCUT2D eigenvalue weighted by molar-refractivity contribution is 0.174. The Balaban J connectivity index is 4.13. The number of amides is 1. The lowest BCUT2D eigenvalue weighted by Crippen LogP contribution is -2.48. The average molecular weight is 174 g/mol. The van der Waals surface area contributed by atoms with Crippen LogP contribution in [0.3, 0.4) is 0 Å². The summed E-state index contributed by atoms with van der Waals surface area (Å²) in [4.78, 5) is 10.4. The zero-order valence-corrected chi connectivity index (χ0v) is 8.14. The SMILES string of the molecule is CNCC(NC(=O)O)C(C)(C)C. The van der Waals surface area contributed by atoms with Crippen molar-refractivity contribution in [2.45, 2.75) is 26.8 Å². The monoisotopic (exact) mass is 174 g/mol. The van der Waals surface area contributed by atoms with E-state index in [0.29, 0.717) is 6.54 Å². The third-order valence-corrected chi connectivity index (χ3v) is 1.75. The minimum Gasteiger partial charge on any atom is -0.465 e. The quantitative estimate of drug-likeness (QED) is 0.595. The van der Waals surface area contributed by atoms with Crippen LogP contribution in [0.1, 0.15) is 20.8 Å². The second-order valence-electron chi connectivity index (χ2n) is 3.93. The highest BCUT2D eigenvalue weighted by Crippen LogP contribution is 2.18. The molecule has 0 bridgehead atoms. The maximum Gasteiger partial charge on any atom is 0.404 e. The highest BCUT2D eigenvalue weighted by atomic mass is 16.4. The number of hydrogen-bond donors (Lipinski definition) is 3. The average Bonchev–Trinajstić information content (AvgIpc) is 1.83. The molecule has 0 saturated carbocycles. The molecule has 0 aliphatic rings. The molecule has 1 atom stereocenters. The van der Waals surface area contributed by atoms with Crippen LogP contribution in [-0.2, 0) is 0 Å². The second-order valence-corrected chi connectivity index (χ2v) is 3.93. The fraction of sp³-hybridized carbons (Fsp3) is 0.875. The van der Waals surface area contributed by atoms with Crippen LogP contribution in [0, 0.1) is 5.41 Å². The second kappa shape index (κ2) is 4.30. The van der Waals surface area contributed by atoms with E-state index in [1.54, 1.807) is 0 Å². The first kappa shape index (κ1) is 11.2. The summed E-state index contributed by atoms with van der Waals surface area (Å²) in [5.74, 6) is 0. The zero-order chi connectivity index (χ0) is 9.78. The largest absolute Gasteiger partial charge is 0.465 e. The van der Waals surface area contributed by atoms with Gasteiger partial charge >= 0.3 is 6.09 Å². The van der Waals surface area contributed by atoms with E-state index in [1.165, 1.54) is 0 Å². The number of hydrogen-bond acceptors (Lipinski definition) is 2. The van der Waals surface area contributed by atoms with Crippen molar-refractivity contribution in [1.82, 2.24) is 10.6 Å². The summed E-state index contributed by atoms with van der Waals surface area (Å²) in [6.45, 7) is 6.66. The number of carbonyl (C=O) groups is 1. The predicted octanol–water partition coefficient (Wildman–Crippen LogP) is 0.888. The van der Waals surface area contributed by atoms with E-state index in [0.717, 1.165) is 0 Å². The maximum atomic E-state index is 10.4. The van der Waals surface area contributed by atoms with Crippen molar-refractivity contribution in [1.29, 1.82) is 0 Å². The van der Waals surface area contributed by atoms with Gasteiger partial charge in [-0.1, -0.05) is 20.8 Å². The van der Waals surface area contributed by atoms with Crippen LogP contribution < -0.4 is 10.6 Å². The zero-order valence-electron chi connectivity index (χ0n) is 8.14. The molecular formula is C8H18N2O2. The van der Waals surface area contributed by atoms with Crippen LogP contribution in [0.5, 0.6) is 0 Å². The molecule has 1 unspecified atom stereocenters. The van der Waals surface area contributed by atoms with E-state index in [9.17, 15) is 4.79 Å². The van der Waals surface area contributed by atoms with Crippen LogP contribution in [0.15, 0.2) is 0 Å². The topological polar surface area (TPSA) is 61.4 Å². The van der Waals surface area contributed by atoms with Gasteiger partial charge in [0.15, 0.2) is 0 Å². The minimum absolute atomic E-state index is 0.0542. The Morgan fingerprint density at radius 3 is 2.25 bits per heavy atom. The molecule has 0 radical (unpaired) electrons. The number of carboxylic acid groups (broad SMARTS) is 1. The van der Waals surface area contributed by atoms with Crippen LogP contribution >= 0.6 is 0 Å². The van der Waals surface area contributed by atoms with E-state index in [4.69, 9.17) is 5.11 Å². The molecule has 0 aliphatic heterocycles. The normalized spacial score (nSPS) is 14.0. The van der Waals surface area contributed by atoms with Crippen molar-refractivity contribution in [2.75, 3.05) is 13.6 Å². The molecular weight excluding hydrogens is 156 g/mol. The molecule has 3 N–H and O–H groups in total. The number of rotatable bonds is 3. The fourth-order valence-corrected chi connectivity index (χ4v) is 0.927. The van der Waals surface area contributed by atoms with Gasteiger partial charge in [-0.25, -0.2) is 4.79 Å². The minimum atomic E-state index is -0.967. The van der Waals surface area contributed by atoms with E-state index in [1.807, 2.05) is 27.8 Å². The molecule has 0 aromatic carbocycles. The molecule has 0 aliphatic carbocycles. The van der Waals surface area contributed by atoms with E-state index < -0.39 is 6.09 Å². The molecule has 0 aromatic rings. The molecule has 4 heteroatoms. The Hall–Kier alpha value is -0.770. The van der Waals surface area contributed by atoms with Crippen LogP contribution in [0.4, 0.5) is 4.79 Å². The Morgan fingerprint density at radius 2 is 2.00 bits per heavy atom. The molecule has 4 nitrogen and oxygen atoms in total. The summed E-state index contributed by atoms with van der Waals surface area (Å²) >= 11 is 0. The lowest BCUT2D eigenvalue weighted by Gasteiger charge is -2.30. The molecule has 0 spiro atoms. The smallest absolute Gasteiger partial charge is 0.404 e.